The highest BCUT2D eigenvalue weighted by Gasteiger charge is 2.39. The Kier molecular flexibility index (Phi) is 4.29. The Bertz CT molecular complexity index is 508. The zero-order valence-corrected chi connectivity index (χ0v) is 13.2. The van der Waals surface area contributed by atoms with Crippen molar-refractivity contribution in [2.45, 2.75) is 50.6 Å². The maximum atomic E-state index is 12.7. The number of hydrogen-bond donors (Lipinski definition) is 1. The van der Waals surface area contributed by atoms with E-state index in [4.69, 9.17) is 0 Å². The number of nitrogens with zero attached hydrogens (tertiary/aromatic N) is 1. The van der Waals surface area contributed by atoms with E-state index in [1.807, 2.05) is 24.6 Å². The van der Waals surface area contributed by atoms with Gasteiger partial charge in [0.05, 0.1) is 12.0 Å². The van der Waals surface area contributed by atoms with Crippen molar-refractivity contribution in [3.8, 4) is 0 Å². The fourth-order valence-electron chi connectivity index (χ4n) is 3.54. The zero-order valence-electron chi connectivity index (χ0n) is 12.4. The Morgan fingerprint density at radius 2 is 2.10 bits per heavy atom. The lowest BCUT2D eigenvalue weighted by Gasteiger charge is -2.38. The summed E-state index contributed by atoms with van der Waals surface area (Å²) in [6.07, 6.45) is 5.74. The van der Waals surface area contributed by atoms with Gasteiger partial charge in [-0.25, -0.2) is 0 Å². The first kappa shape index (κ1) is 14.6. The predicted octanol–water partition coefficient (Wildman–Crippen LogP) is 2.72. The topological polar surface area (TPSA) is 49.4 Å². The number of amides is 2. The molecule has 1 aliphatic heterocycles. The van der Waals surface area contributed by atoms with Gasteiger partial charge in [-0.2, -0.15) is 0 Å². The Labute approximate surface area is 129 Å². The average molecular weight is 306 g/mol. The maximum Gasteiger partial charge on any atom is 0.225 e. The first-order chi connectivity index (χ1) is 10.2. The summed E-state index contributed by atoms with van der Waals surface area (Å²) < 4.78 is 0. The third-order valence-corrected chi connectivity index (χ3v) is 5.68. The van der Waals surface area contributed by atoms with Crippen molar-refractivity contribution >= 4 is 23.2 Å². The van der Waals surface area contributed by atoms with Gasteiger partial charge in [0, 0.05) is 24.4 Å². The normalized spacial score (nSPS) is 27.1. The lowest BCUT2D eigenvalue weighted by atomic mass is 9.87. The number of thiophene rings is 1. The molecule has 0 unspecified atom stereocenters. The van der Waals surface area contributed by atoms with Crippen molar-refractivity contribution in [3.63, 3.8) is 0 Å². The number of hydrogen-bond acceptors (Lipinski definition) is 3. The molecule has 1 saturated heterocycles. The summed E-state index contributed by atoms with van der Waals surface area (Å²) in [6, 6.07) is 4.25. The molecule has 0 radical (unpaired) electrons. The lowest BCUT2D eigenvalue weighted by molar-refractivity contribution is -0.141. The van der Waals surface area contributed by atoms with Crippen LogP contribution in [0.1, 0.15) is 49.4 Å². The molecule has 3 rings (SSSR count). The third kappa shape index (κ3) is 2.98. The third-order valence-electron chi connectivity index (χ3n) is 4.73. The monoisotopic (exact) mass is 306 g/mol. The van der Waals surface area contributed by atoms with Crippen LogP contribution < -0.4 is 5.32 Å². The van der Waals surface area contributed by atoms with Gasteiger partial charge in [0.15, 0.2) is 0 Å². The summed E-state index contributed by atoms with van der Waals surface area (Å²) in [4.78, 5) is 27.5. The first-order valence-corrected chi connectivity index (χ1v) is 8.64. The largest absolute Gasteiger partial charge is 0.353 e. The number of likely N-dealkylation sites (tertiary alicyclic amines) is 1. The minimum absolute atomic E-state index is 0.104. The first-order valence-electron chi connectivity index (χ1n) is 7.76. The standard InChI is InChI=1S/C16H22N2O2S/c1-18-14(19)9-8-12(15(18)13-7-4-10-21-13)16(20)17-11-5-2-3-6-11/h4,7,10-12,15H,2-3,5-6,8-9H2,1H3,(H,17,20)/t12-,15-/m1/s1. The molecule has 4 nitrogen and oxygen atoms in total. The van der Waals surface area contributed by atoms with E-state index in [2.05, 4.69) is 5.32 Å². The fourth-order valence-corrected chi connectivity index (χ4v) is 4.47. The SMILES string of the molecule is CN1C(=O)CC[C@@H](C(=O)NC2CCCC2)[C@@H]1c1cccs1. The molecule has 21 heavy (non-hydrogen) atoms. The van der Waals surface area contributed by atoms with Crippen LogP contribution in [-0.4, -0.2) is 29.8 Å². The van der Waals surface area contributed by atoms with Gasteiger partial charge in [-0.05, 0) is 30.7 Å². The molecule has 2 fully saturated rings. The van der Waals surface area contributed by atoms with Gasteiger partial charge in [0.1, 0.15) is 0 Å². The minimum atomic E-state index is -0.119. The van der Waals surface area contributed by atoms with Crippen LogP contribution in [0.4, 0.5) is 0 Å². The Balaban J connectivity index is 1.77. The van der Waals surface area contributed by atoms with Crippen LogP contribution in [0.5, 0.6) is 0 Å². The van der Waals surface area contributed by atoms with Gasteiger partial charge in [0.25, 0.3) is 0 Å². The van der Waals surface area contributed by atoms with Crippen LogP contribution in [-0.2, 0) is 9.59 Å². The molecule has 0 bridgehead atoms. The van der Waals surface area contributed by atoms with Crippen molar-refractivity contribution in [3.05, 3.63) is 22.4 Å². The molecule has 1 aromatic rings. The van der Waals surface area contributed by atoms with Crippen LogP contribution in [0.3, 0.4) is 0 Å². The Morgan fingerprint density at radius 1 is 1.33 bits per heavy atom. The fraction of sp³-hybridized carbons (Fsp3) is 0.625. The summed E-state index contributed by atoms with van der Waals surface area (Å²) in [5.41, 5.74) is 0. The molecule has 1 aliphatic carbocycles. The molecule has 2 atom stereocenters. The summed E-state index contributed by atoms with van der Waals surface area (Å²) in [5, 5.41) is 5.21. The number of piperidine rings is 1. The van der Waals surface area contributed by atoms with E-state index in [0.717, 1.165) is 17.7 Å². The van der Waals surface area contributed by atoms with Crippen molar-refractivity contribution in [1.82, 2.24) is 10.2 Å². The highest BCUT2D eigenvalue weighted by molar-refractivity contribution is 7.10. The average Bonchev–Trinajstić information content (AvgIpc) is 3.14. The van der Waals surface area contributed by atoms with E-state index in [-0.39, 0.29) is 23.8 Å². The molecule has 2 heterocycles. The van der Waals surface area contributed by atoms with E-state index in [1.165, 1.54) is 12.8 Å². The van der Waals surface area contributed by atoms with Crippen LogP contribution >= 0.6 is 11.3 Å². The van der Waals surface area contributed by atoms with Gasteiger partial charge in [-0.1, -0.05) is 18.9 Å². The highest BCUT2D eigenvalue weighted by Crippen LogP contribution is 2.38. The Hall–Kier alpha value is -1.36. The number of rotatable bonds is 3. The summed E-state index contributed by atoms with van der Waals surface area (Å²) >= 11 is 1.63. The molecule has 114 valence electrons. The minimum Gasteiger partial charge on any atom is -0.353 e. The summed E-state index contributed by atoms with van der Waals surface area (Å²) in [5.74, 6) is 0.143. The van der Waals surface area contributed by atoms with Crippen LogP contribution in [0.25, 0.3) is 0 Å². The van der Waals surface area contributed by atoms with Crippen LogP contribution in [0, 0.1) is 5.92 Å². The molecule has 1 aromatic heterocycles. The van der Waals surface area contributed by atoms with Crippen molar-refractivity contribution in [2.24, 2.45) is 5.92 Å². The van der Waals surface area contributed by atoms with Crippen LogP contribution in [0.2, 0.25) is 0 Å². The predicted molar refractivity (Wildman–Crippen MR) is 83.0 cm³/mol. The number of carbonyl (C=O) groups is 2. The van der Waals surface area contributed by atoms with Gasteiger partial charge < -0.3 is 10.2 Å². The van der Waals surface area contributed by atoms with Crippen molar-refractivity contribution < 1.29 is 9.59 Å². The quantitative estimate of drug-likeness (QED) is 0.933. The number of carbonyl (C=O) groups excluding carboxylic acids is 2. The zero-order chi connectivity index (χ0) is 14.8. The maximum absolute atomic E-state index is 12.7. The molecule has 0 spiro atoms. The molecule has 0 aromatic carbocycles. The van der Waals surface area contributed by atoms with Crippen LogP contribution in [0.15, 0.2) is 17.5 Å². The number of nitrogens with one attached hydrogen (secondary N) is 1. The van der Waals surface area contributed by atoms with E-state index in [9.17, 15) is 9.59 Å². The highest BCUT2D eigenvalue weighted by atomic mass is 32.1. The molecule has 1 saturated carbocycles. The van der Waals surface area contributed by atoms with E-state index in [0.29, 0.717) is 18.9 Å². The molecule has 1 N–H and O–H groups in total. The second-order valence-corrected chi connectivity index (χ2v) is 7.08. The van der Waals surface area contributed by atoms with Crippen molar-refractivity contribution in [2.75, 3.05) is 7.05 Å². The van der Waals surface area contributed by atoms with E-state index < -0.39 is 0 Å². The molecular weight excluding hydrogens is 284 g/mol. The molecule has 2 aliphatic rings. The van der Waals surface area contributed by atoms with E-state index in [1.54, 1.807) is 16.2 Å². The van der Waals surface area contributed by atoms with Crippen molar-refractivity contribution in [1.29, 1.82) is 0 Å². The van der Waals surface area contributed by atoms with E-state index >= 15 is 0 Å². The smallest absolute Gasteiger partial charge is 0.225 e. The molecule has 2 amide bonds. The summed E-state index contributed by atoms with van der Waals surface area (Å²) in [7, 11) is 1.82. The second kappa shape index (κ2) is 6.18. The second-order valence-electron chi connectivity index (χ2n) is 6.10. The molecular formula is C16H22N2O2S. The van der Waals surface area contributed by atoms with Gasteiger partial charge >= 0.3 is 0 Å². The summed E-state index contributed by atoms with van der Waals surface area (Å²) in [6.45, 7) is 0. The lowest BCUT2D eigenvalue weighted by Crippen LogP contribution is -2.47. The molecule has 5 heteroatoms. The van der Waals surface area contributed by atoms with Gasteiger partial charge in [-0.15, -0.1) is 11.3 Å². The van der Waals surface area contributed by atoms with Gasteiger partial charge in [-0.3, -0.25) is 9.59 Å². The van der Waals surface area contributed by atoms with Gasteiger partial charge in [0.2, 0.25) is 11.8 Å². The Morgan fingerprint density at radius 3 is 2.76 bits per heavy atom.